The quantitative estimate of drug-likeness (QED) is 0.608. The fourth-order valence-corrected chi connectivity index (χ4v) is 3.50. The molecule has 0 fully saturated rings. The lowest BCUT2D eigenvalue weighted by atomic mass is 10.2. The summed E-state index contributed by atoms with van der Waals surface area (Å²) >= 11 is 0. The highest BCUT2D eigenvalue weighted by Crippen LogP contribution is 2.21. The van der Waals surface area contributed by atoms with Crippen molar-refractivity contribution >= 4 is 27.4 Å². The summed E-state index contributed by atoms with van der Waals surface area (Å²) in [6, 6.07) is 12.1. The van der Waals surface area contributed by atoms with Crippen molar-refractivity contribution in [1.82, 2.24) is 4.98 Å². The number of rotatable bonds is 5. The number of nitrogens with one attached hydrogen (secondary N) is 2. The van der Waals surface area contributed by atoms with E-state index in [0.717, 1.165) is 6.07 Å². The van der Waals surface area contributed by atoms with Gasteiger partial charge >= 0.3 is 0 Å². The molecule has 0 bridgehead atoms. The minimum atomic E-state index is -3.90. The Morgan fingerprint density at radius 1 is 1.11 bits per heavy atom. The lowest BCUT2D eigenvalue weighted by molar-refractivity contribution is 0.102. The standard InChI is InChI=1S/C19H16FN3O4S/c1-12-11-15(8-9-16(12)20)28(26,27)23-14-6-4-13(5-7-14)19(25)22-18-17(24)3-2-10-21-18/h2-11,23-24H,1H3,(H,21,22,25). The molecule has 2 aromatic carbocycles. The van der Waals surface area contributed by atoms with Crippen LogP contribution in [0.15, 0.2) is 65.7 Å². The van der Waals surface area contributed by atoms with Gasteiger partial charge in [-0.2, -0.15) is 0 Å². The molecule has 0 atom stereocenters. The molecule has 0 radical (unpaired) electrons. The number of anilines is 2. The summed E-state index contributed by atoms with van der Waals surface area (Å²) in [5.74, 6) is -1.16. The fourth-order valence-electron chi connectivity index (χ4n) is 2.36. The second-order valence-corrected chi connectivity index (χ2v) is 7.60. The molecular formula is C19H16FN3O4S. The van der Waals surface area contributed by atoms with Crippen molar-refractivity contribution in [2.75, 3.05) is 10.0 Å². The van der Waals surface area contributed by atoms with E-state index in [9.17, 15) is 22.7 Å². The molecule has 3 N–H and O–H groups in total. The lowest BCUT2D eigenvalue weighted by Crippen LogP contribution is -2.15. The zero-order valence-electron chi connectivity index (χ0n) is 14.7. The highest BCUT2D eigenvalue weighted by molar-refractivity contribution is 7.92. The largest absolute Gasteiger partial charge is 0.504 e. The second-order valence-electron chi connectivity index (χ2n) is 5.92. The van der Waals surface area contributed by atoms with Crippen LogP contribution in [0.1, 0.15) is 15.9 Å². The van der Waals surface area contributed by atoms with Gasteiger partial charge in [-0.3, -0.25) is 9.52 Å². The summed E-state index contributed by atoms with van der Waals surface area (Å²) in [6.07, 6.45) is 1.42. The first kappa shape index (κ1) is 19.3. The van der Waals surface area contributed by atoms with Gasteiger partial charge in [-0.05, 0) is 67.1 Å². The summed E-state index contributed by atoms with van der Waals surface area (Å²) in [7, 11) is -3.90. The number of aromatic hydroxyl groups is 1. The van der Waals surface area contributed by atoms with Gasteiger partial charge in [0.1, 0.15) is 5.82 Å². The molecule has 0 saturated carbocycles. The van der Waals surface area contributed by atoms with Crippen LogP contribution < -0.4 is 10.0 Å². The Morgan fingerprint density at radius 2 is 1.82 bits per heavy atom. The first-order valence-corrected chi connectivity index (χ1v) is 9.59. The average Bonchev–Trinajstić information content (AvgIpc) is 2.66. The van der Waals surface area contributed by atoms with Crippen molar-refractivity contribution in [3.05, 3.63) is 77.7 Å². The summed E-state index contributed by atoms with van der Waals surface area (Å²) in [5, 5.41) is 12.1. The predicted octanol–water partition coefficient (Wildman–Crippen LogP) is 3.29. The molecule has 1 amide bonds. The fraction of sp³-hybridized carbons (Fsp3) is 0.0526. The van der Waals surface area contributed by atoms with E-state index in [1.54, 1.807) is 0 Å². The number of amides is 1. The Kier molecular flexibility index (Phi) is 5.27. The van der Waals surface area contributed by atoms with E-state index < -0.39 is 21.7 Å². The van der Waals surface area contributed by atoms with Crippen molar-refractivity contribution in [3.8, 4) is 5.75 Å². The smallest absolute Gasteiger partial charge is 0.261 e. The molecule has 0 unspecified atom stereocenters. The molecular weight excluding hydrogens is 385 g/mol. The van der Waals surface area contributed by atoms with Gasteiger partial charge in [-0.25, -0.2) is 17.8 Å². The van der Waals surface area contributed by atoms with E-state index in [4.69, 9.17) is 0 Å². The first-order chi connectivity index (χ1) is 13.3. The molecule has 144 valence electrons. The Balaban J connectivity index is 1.74. The SMILES string of the molecule is Cc1cc(S(=O)(=O)Nc2ccc(C(=O)Nc3ncccc3O)cc2)ccc1F. The van der Waals surface area contributed by atoms with Crippen LogP contribution in [0.4, 0.5) is 15.9 Å². The average molecular weight is 401 g/mol. The van der Waals surface area contributed by atoms with Crippen molar-refractivity contribution < 1.29 is 22.7 Å². The Labute approximate surface area is 160 Å². The highest BCUT2D eigenvalue weighted by Gasteiger charge is 2.16. The Hall–Kier alpha value is -3.46. The van der Waals surface area contributed by atoms with Gasteiger partial charge in [0, 0.05) is 17.4 Å². The predicted molar refractivity (Wildman–Crippen MR) is 102 cm³/mol. The van der Waals surface area contributed by atoms with E-state index in [-0.39, 0.29) is 33.3 Å². The number of halogens is 1. The van der Waals surface area contributed by atoms with E-state index in [1.165, 1.54) is 61.7 Å². The third-order valence-corrected chi connectivity index (χ3v) is 5.24. The van der Waals surface area contributed by atoms with Gasteiger partial charge in [0.15, 0.2) is 11.6 Å². The van der Waals surface area contributed by atoms with Crippen LogP contribution in [0.2, 0.25) is 0 Å². The number of aryl methyl sites for hydroxylation is 1. The number of sulfonamides is 1. The van der Waals surface area contributed by atoms with Gasteiger partial charge < -0.3 is 10.4 Å². The number of benzene rings is 2. The number of pyridine rings is 1. The van der Waals surface area contributed by atoms with Crippen molar-refractivity contribution in [2.45, 2.75) is 11.8 Å². The molecule has 0 aliphatic carbocycles. The molecule has 3 aromatic rings. The summed E-state index contributed by atoms with van der Waals surface area (Å²) in [6.45, 7) is 1.47. The molecule has 0 aliphatic heterocycles. The molecule has 0 saturated heterocycles. The molecule has 0 aliphatic rings. The maximum absolute atomic E-state index is 13.3. The van der Waals surface area contributed by atoms with Crippen LogP contribution >= 0.6 is 0 Å². The van der Waals surface area contributed by atoms with Crippen LogP contribution in [0.3, 0.4) is 0 Å². The van der Waals surface area contributed by atoms with Gasteiger partial charge in [0.25, 0.3) is 15.9 Å². The number of nitrogens with zero attached hydrogens (tertiary/aromatic N) is 1. The monoisotopic (exact) mass is 401 g/mol. The maximum atomic E-state index is 13.3. The van der Waals surface area contributed by atoms with Crippen molar-refractivity contribution in [1.29, 1.82) is 0 Å². The molecule has 28 heavy (non-hydrogen) atoms. The Bertz CT molecular complexity index is 1130. The molecule has 7 nitrogen and oxygen atoms in total. The molecule has 0 spiro atoms. The number of aromatic nitrogens is 1. The molecule has 1 aromatic heterocycles. The van der Waals surface area contributed by atoms with E-state index >= 15 is 0 Å². The van der Waals surface area contributed by atoms with E-state index in [1.807, 2.05) is 0 Å². The number of hydrogen-bond donors (Lipinski definition) is 3. The zero-order chi connectivity index (χ0) is 20.3. The van der Waals surface area contributed by atoms with Crippen LogP contribution in [-0.2, 0) is 10.0 Å². The highest BCUT2D eigenvalue weighted by atomic mass is 32.2. The van der Waals surface area contributed by atoms with Crippen LogP contribution in [0, 0.1) is 12.7 Å². The summed E-state index contributed by atoms with van der Waals surface area (Å²) < 4.78 is 40.5. The maximum Gasteiger partial charge on any atom is 0.261 e. The molecule has 3 rings (SSSR count). The second kappa shape index (κ2) is 7.65. The molecule has 9 heteroatoms. The van der Waals surface area contributed by atoms with Gasteiger partial charge in [0.05, 0.1) is 4.90 Å². The summed E-state index contributed by atoms with van der Waals surface area (Å²) in [4.78, 5) is 16.0. The van der Waals surface area contributed by atoms with Gasteiger partial charge in [-0.1, -0.05) is 0 Å². The summed E-state index contributed by atoms with van der Waals surface area (Å²) in [5.41, 5.74) is 0.692. The zero-order valence-corrected chi connectivity index (χ0v) is 15.5. The van der Waals surface area contributed by atoms with E-state index in [2.05, 4.69) is 15.0 Å². The van der Waals surface area contributed by atoms with Crippen LogP contribution in [-0.4, -0.2) is 24.4 Å². The minimum Gasteiger partial charge on any atom is -0.504 e. The topological polar surface area (TPSA) is 108 Å². The van der Waals surface area contributed by atoms with Crippen LogP contribution in [0.5, 0.6) is 5.75 Å². The number of carbonyl (C=O) groups excluding carboxylic acids is 1. The Morgan fingerprint density at radius 3 is 2.46 bits per heavy atom. The third-order valence-electron chi connectivity index (χ3n) is 3.86. The number of carbonyl (C=O) groups is 1. The van der Waals surface area contributed by atoms with Crippen molar-refractivity contribution in [2.24, 2.45) is 0 Å². The molecule has 1 heterocycles. The van der Waals surface area contributed by atoms with Gasteiger partial charge in [-0.15, -0.1) is 0 Å². The van der Waals surface area contributed by atoms with Gasteiger partial charge in [0.2, 0.25) is 0 Å². The van der Waals surface area contributed by atoms with E-state index in [0.29, 0.717) is 0 Å². The van der Waals surface area contributed by atoms with Crippen LogP contribution in [0.25, 0.3) is 0 Å². The number of hydrogen-bond acceptors (Lipinski definition) is 5. The third kappa shape index (κ3) is 4.26. The minimum absolute atomic E-state index is 0.0176. The first-order valence-electron chi connectivity index (χ1n) is 8.10. The lowest BCUT2D eigenvalue weighted by Gasteiger charge is -2.10. The normalized spacial score (nSPS) is 11.1. The van der Waals surface area contributed by atoms with Crippen molar-refractivity contribution in [3.63, 3.8) is 0 Å².